The lowest BCUT2D eigenvalue weighted by Crippen LogP contribution is -2.18. The largest absolute Gasteiger partial charge is 0.326 e. The van der Waals surface area contributed by atoms with E-state index in [2.05, 4.69) is 5.32 Å². The summed E-state index contributed by atoms with van der Waals surface area (Å²) in [6.07, 6.45) is 0. The van der Waals surface area contributed by atoms with Crippen molar-refractivity contribution in [2.24, 2.45) is 5.73 Å². The molecule has 0 spiro atoms. The number of rotatable bonds is 4. The summed E-state index contributed by atoms with van der Waals surface area (Å²) in [6.45, 7) is 0.457. The quantitative estimate of drug-likeness (QED) is 0.849. The Balaban J connectivity index is 2.32. The van der Waals surface area contributed by atoms with E-state index in [1.54, 1.807) is 6.07 Å². The summed E-state index contributed by atoms with van der Waals surface area (Å²) in [5.74, 6) is -0.447. The molecule has 0 unspecified atom stereocenters. The van der Waals surface area contributed by atoms with Crippen LogP contribution < -0.4 is 11.1 Å². The van der Waals surface area contributed by atoms with Gasteiger partial charge in [0.05, 0.1) is 0 Å². The Bertz CT molecular complexity index is 614. The highest BCUT2D eigenvalue weighted by molar-refractivity contribution is 6.54. The Hall–Kier alpha value is -1.55. The van der Waals surface area contributed by atoms with E-state index in [0.717, 1.165) is 16.7 Å². The van der Waals surface area contributed by atoms with Crippen molar-refractivity contribution in [2.75, 3.05) is 5.32 Å². The minimum atomic E-state index is -1.09. The average Bonchev–Trinajstić information content (AvgIpc) is 2.47. The first-order valence-corrected chi connectivity index (χ1v) is 6.96. The number of anilines is 1. The molecule has 0 fully saturated rings. The molecule has 0 bridgehead atoms. The van der Waals surface area contributed by atoms with Crippen molar-refractivity contribution in [3.05, 3.63) is 54.1 Å². The number of alkyl halides is 2. The summed E-state index contributed by atoms with van der Waals surface area (Å²) in [4.78, 5) is 10.4. The lowest BCUT2D eigenvalue weighted by Gasteiger charge is -2.10. The maximum Gasteiger partial charge on any atom is 0.257 e. The zero-order valence-electron chi connectivity index (χ0n) is 10.6. The van der Waals surface area contributed by atoms with Gasteiger partial charge in [0.15, 0.2) is 4.84 Å². The van der Waals surface area contributed by atoms with Gasteiger partial charge in [-0.25, -0.2) is 0 Å². The van der Waals surface area contributed by atoms with Crippen LogP contribution in [0.25, 0.3) is 11.1 Å². The Morgan fingerprint density at radius 1 is 1.15 bits per heavy atom. The van der Waals surface area contributed by atoms with Crippen molar-refractivity contribution < 1.29 is 4.79 Å². The van der Waals surface area contributed by atoms with E-state index in [-0.39, 0.29) is 0 Å². The number of nitrogens with one attached hydrogen (secondary N) is 1. The Kier molecular flexibility index (Phi) is 5.01. The highest BCUT2D eigenvalue weighted by Gasteiger charge is 2.12. The van der Waals surface area contributed by atoms with Gasteiger partial charge in [-0.1, -0.05) is 59.6 Å². The molecular weight excluding hydrogens is 295 g/mol. The molecule has 20 heavy (non-hydrogen) atoms. The number of amides is 1. The summed E-state index contributed by atoms with van der Waals surface area (Å²) in [5, 5.41) is 2.65. The first-order valence-electron chi connectivity index (χ1n) is 6.09. The van der Waals surface area contributed by atoms with E-state index in [4.69, 9.17) is 28.9 Å². The van der Waals surface area contributed by atoms with Crippen molar-refractivity contribution in [1.29, 1.82) is 0 Å². The SMILES string of the molecule is NCc1ccccc1-c1cccc(NC(=O)C(Cl)Cl)c1. The fraction of sp³-hybridized carbons (Fsp3) is 0.133. The maximum absolute atomic E-state index is 11.5. The number of carbonyl (C=O) groups excluding carboxylic acids is 1. The smallest absolute Gasteiger partial charge is 0.257 e. The summed E-state index contributed by atoms with van der Waals surface area (Å²) in [6, 6.07) is 15.3. The lowest BCUT2D eigenvalue weighted by molar-refractivity contribution is -0.114. The molecule has 0 aliphatic heterocycles. The number of halogens is 2. The van der Waals surface area contributed by atoms with Gasteiger partial charge in [0, 0.05) is 12.2 Å². The third-order valence-electron chi connectivity index (χ3n) is 2.88. The zero-order chi connectivity index (χ0) is 14.5. The molecule has 0 aromatic heterocycles. The number of hydrogen-bond donors (Lipinski definition) is 2. The zero-order valence-corrected chi connectivity index (χ0v) is 12.2. The molecule has 1 amide bonds. The highest BCUT2D eigenvalue weighted by atomic mass is 35.5. The maximum atomic E-state index is 11.5. The molecule has 2 aromatic rings. The molecule has 0 saturated heterocycles. The minimum absolute atomic E-state index is 0.447. The van der Waals surface area contributed by atoms with Gasteiger partial charge in [0.25, 0.3) is 5.91 Å². The molecular formula is C15H14Cl2N2O. The summed E-state index contributed by atoms with van der Waals surface area (Å²) < 4.78 is 0. The van der Waals surface area contributed by atoms with Crippen LogP contribution in [-0.2, 0) is 11.3 Å². The van der Waals surface area contributed by atoms with E-state index in [0.29, 0.717) is 12.2 Å². The normalized spacial score (nSPS) is 10.6. The van der Waals surface area contributed by atoms with Crippen LogP contribution in [0, 0.1) is 0 Å². The van der Waals surface area contributed by atoms with Crippen molar-refractivity contribution in [1.82, 2.24) is 0 Å². The van der Waals surface area contributed by atoms with E-state index in [1.807, 2.05) is 42.5 Å². The van der Waals surface area contributed by atoms with Crippen molar-refractivity contribution in [3.8, 4) is 11.1 Å². The second-order valence-corrected chi connectivity index (χ2v) is 5.33. The Morgan fingerprint density at radius 3 is 2.60 bits per heavy atom. The monoisotopic (exact) mass is 308 g/mol. The first kappa shape index (κ1) is 14.9. The van der Waals surface area contributed by atoms with E-state index in [1.165, 1.54) is 0 Å². The van der Waals surface area contributed by atoms with E-state index >= 15 is 0 Å². The molecule has 2 rings (SSSR count). The average molecular weight is 309 g/mol. The molecule has 3 nitrogen and oxygen atoms in total. The fourth-order valence-electron chi connectivity index (χ4n) is 1.94. The van der Waals surface area contributed by atoms with E-state index < -0.39 is 10.7 Å². The molecule has 3 N–H and O–H groups in total. The van der Waals surface area contributed by atoms with E-state index in [9.17, 15) is 4.79 Å². The first-order chi connectivity index (χ1) is 9.61. The second-order valence-electron chi connectivity index (χ2n) is 4.23. The third kappa shape index (κ3) is 3.51. The summed E-state index contributed by atoms with van der Waals surface area (Å²) in [7, 11) is 0. The third-order valence-corrected chi connectivity index (χ3v) is 3.27. The van der Waals surface area contributed by atoms with Crippen molar-refractivity contribution in [3.63, 3.8) is 0 Å². The predicted octanol–water partition coefficient (Wildman–Crippen LogP) is 3.55. The Labute approximate surface area is 127 Å². The van der Waals surface area contributed by atoms with Gasteiger partial charge in [0.1, 0.15) is 0 Å². The van der Waals surface area contributed by atoms with Gasteiger partial charge < -0.3 is 11.1 Å². The van der Waals surface area contributed by atoms with Crippen LogP contribution in [0.15, 0.2) is 48.5 Å². The van der Waals surface area contributed by atoms with Crippen LogP contribution in [0.2, 0.25) is 0 Å². The second kappa shape index (κ2) is 6.75. The number of benzene rings is 2. The van der Waals surface area contributed by atoms with Crippen LogP contribution in [0.5, 0.6) is 0 Å². The van der Waals surface area contributed by atoms with Crippen LogP contribution in [0.3, 0.4) is 0 Å². The fourth-order valence-corrected chi connectivity index (χ4v) is 2.05. The van der Waals surface area contributed by atoms with Gasteiger partial charge in [-0.15, -0.1) is 0 Å². The highest BCUT2D eigenvalue weighted by Crippen LogP contribution is 2.26. The predicted molar refractivity (Wildman–Crippen MR) is 83.9 cm³/mol. The van der Waals surface area contributed by atoms with Gasteiger partial charge >= 0.3 is 0 Å². The number of carbonyl (C=O) groups is 1. The van der Waals surface area contributed by atoms with Crippen molar-refractivity contribution in [2.45, 2.75) is 11.4 Å². The number of hydrogen-bond acceptors (Lipinski definition) is 2. The molecule has 104 valence electrons. The van der Waals surface area contributed by atoms with Gasteiger partial charge in [-0.05, 0) is 28.8 Å². The van der Waals surface area contributed by atoms with Gasteiger partial charge in [-0.2, -0.15) is 0 Å². The Morgan fingerprint density at radius 2 is 1.90 bits per heavy atom. The van der Waals surface area contributed by atoms with Crippen molar-refractivity contribution >= 4 is 34.8 Å². The van der Waals surface area contributed by atoms with Crippen LogP contribution in [0.4, 0.5) is 5.69 Å². The van der Waals surface area contributed by atoms with Crippen LogP contribution in [0.1, 0.15) is 5.56 Å². The molecule has 0 atom stereocenters. The summed E-state index contributed by atoms with van der Waals surface area (Å²) in [5.41, 5.74) is 9.45. The van der Waals surface area contributed by atoms with Crippen LogP contribution in [-0.4, -0.2) is 10.7 Å². The molecule has 0 saturated carbocycles. The molecule has 0 aliphatic rings. The lowest BCUT2D eigenvalue weighted by atomic mass is 9.99. The molecule has 0 radical (unpaired) electrons. The molecule has 0 aliphatic carbocycles. The van der Waals surface area contributed by atoms with Crippen LogP contribution >= 0.6 is 23.2 Å². The molecule has 5 heteroatoms. The van der Waals surface area contributed by atoms with Gasteiger partial charge in [0.2, 0.25) is 0 Å². The standard InChI is InChI=1S/C15H14Cl2N2O/c16-14(17)15(20)19-12-6-3-5-10(8-12)13-7-2-1-4-11(13)9-18/h1-8,14H,9,18H2,(H,19,20). The molecule has 0 heterocycles. The minimum Gasteiger partial charge on any atom is -0.326 e. The number of nitrogens with two attached hydrogens (primary N) is 1. The summed E-state index contributed by atoms with van der Waals surface area (Å²) >= 11 is 11.0. The topological polar surface area (TPSA) is 55.1 Å². The molecule has 2 aromatic carbocycles. The van der Waals surface area contributed by atoms with Gasteiger partial charge in [-0.3, -0.25) is 4.79 Å².